The third kappa shape index (κ3) is 3.98. The first kappa shape index (κ1) is 16.3. The van der Waals surface area contributed by atoms with Gasteiger partial charge in [-0.2, -0.15) is 0 Å². The third-order valence-corrected chi connectivity index (χ3v) is 3.73. The molecule has 22 heavy (non-hydrogen) atoms. The van der Waals surface area contributed by atoms with E-state index in [0.29, 0.717) is 5.56 Å². The summed E-state index contributed by atoms with van der Waals surface area (Å²) in [6.45, 7) is 3.73. The molecule has 1 N–H and O–H groups in total. The van der Waals surface area contributed by atoms with Crippen LogP contribution in [0.4, 0.5) is 10.1 Å². The van der Waals surface area contributed by atoms with Crippen LogP contribution in [0.25, 0.3) is 0 Å². The Morgan fingerprint density at radius 1 is 1.36 bits per heavy atom. The minimum atomic E-state index is -0.515. The Morgan fingerprint density at radius 3 is 2.73 bits per heavy atom. The monoisotopic (exact) mass is 320 g/mol. The lowest BCUT2D eigenvalue weighted by Gasteiger charge is -2.21. The van der Waals surface area contributed by atoms with E-state index in [1.54, 1.807) is 13.3 Å². The predicted octanol–water partition coefficient (Wildman–Crippen LogP) is 5.00. The molecule has 2 aromatic rings. The highest BCUT2D eigenvalue weighted by Crippen LogP contribution is 2.31. The largest absolute Gasteiger partial charge is 0.497 e. The summed E-state index contributed by atoms with van der Waals surface area (Å²) in [7, 11) is 1.62. The SMILES string of the molecule is C=CCCC(Nc1ccc(OC)cc1)c1cncc(F)c1Cl. The number of allylic oxidation sites excluding steroid dienone is 1. The zero-order chi connectivity index (χ0) is 15.9. The van der Waals surface area contributed by atoms with Gasteiger partial charge in [-0.15, -0.1) is 6.58 Å². The normalized spacial score (nSPS) is 11.8. The molecule has 5 heteroatoms. The number of pyridine rings is 1. The number of nitrogens with zero attached hydrogens (tertiary/aromatic N) is 1. The first-order chi connectivity index (χ1) is 10.7. The number of ether oxygens (including phenoxy) is 1. The van der Waals surface area contributed by atoms with E-state index >= 15 is 0 Å². The van der Waals surface area contributed by atoms with E-state index in [0.717, 1.165) is 30.5 Å². The van der Waals surface area contributed by atoms with E-state index in [9.17, 15) is 4.39 Å². The molecule has 0 aliphatic rings. The maximum absolute atomic E-state index is 13.6. The van der Waals surface area contributed by atoms with Gasteiger partial charge in [0.05, 0.1) is 24.4 Å². The van der Waals surface area contributed by atoms with Crippen molar-refractivity contribution in [3.8, 4) is 5.75 Å². The van der Waals surface area contributed by atoms with Gasteiger partial charge in [0.1, 0.15) is 5.75 Å². The van der Waals surface area contributed by atoms with Crippen molar-refractivity contribution in [3.05, 3.63) is 65.7 Å². The van der Waals surface area contributed by atoms with Crippen LogP contribution in [0.1, 0.15) is 24.4 Å². The smallest absolute Gasteiger partial charge is 0.160 e. The molecule has 0 saturated heterocycles. The van der Waals surface area contributed by atoms with Crippen LogP contribution in [0, 0.1) is 5.82 Å². The van der Waals surface area contributed by atoms with Crippen LogP contribution >= 0.6 is 11.6 Å². The van der Waals surface area contributed by atoms with Crippen LogP contribution in [0.15, 0.2) is 49.3 Å². The zero-order valence-corrected chi connectivity index (χ0v) is 13.1. The molecule has 116 valence electrons. The third-order valence-electron chi connectivity index (χ3n) is 3.33. The summed E-state index contributed by atoms with van der Waals surface area (Å²) in [4.78, 5) is 3.90. The average molecular weight is 321 g/mol. The summed E-state index contributed by atoms with van der Waals surface area (Å²) >= 11 is 6.08. The minimum Gasteiger partial charge on any atom is -0.497 e. The highest BCUT2D eigenvalue weighted by Gasteiger charge is 2.17. The van der Waals surface area contributed by atoms with E-state index in [1.807, 2.05) is 30.3 Å². The molecule has 0 aliphatic carbocycles. The number of nitrogens with one attached hydrogen (secondary N) is 1. The number of anilines is 1. The number of methoxy groups -OCH3 is 1. The van der Waals surface area contributed by atoms with Gasteiger partial charge < -0.3 is 10.1 Å². The lowest BCUT2D eigenvalue weighted by atomic mass is 10.0. The lowest BCUT2D eigenvalue weighted by Crippen LogP contribution is -2.12. The van der Waals surface area contributed by atoms with Gasteiger partial charge in [0.15, 0.2) is 5.82 Å². The van der Waals surface area contributed by atoms with Crippen LogP contribution < -0.4 is 10.1 Å². The summed E-state index contributed by atoms with van der Waals surface area (Å²) < 4.78 is 18.8. The molecule has 1 heterocycles. The fourth-order valence-electron chi connectivity index (χ4n) is 2.16. The van der Waals surface area contributed by atoms with Crippen molar-refractivity contribution >= 4 is 17.3 Å². The number of hydrogen-bond donors (Lipinski definition) is 1. The van der Waals surface area contributed by atoms with Crippen molar-refractivity contribution in [3.63, 3.8) is 0 Å². The van der Waals surface area contributed by atoms with Crippen molar-refractivity contribution in [2.75, 3.05) is 12.4 Å². The number of hydrogen-bond acceptors (Lipinski definition) is 3. The summed E-state index contributed by atoms with van der Waals surface area (Å²) in [5.41, 5.74) is 1.54. The Kier molecular flexibility index (Phi) is 5.78. The quantitative estimate of drug-likeness (QED) is 0.729. The van der Waals surface area contributed by atoms with Crippen molar-refractivity contribution < 1.29 is 9.13 Å². The Labute approximate surface area is 134 Å². The van der Waals surface area contributed by atoms with Gasteiger partial charge in [-0.25, -0.2) is 4.39 Å². The Morgan fingerprint density at radius 2 is 2.09 bits per heavy atom. The second kappa shape index (κ2) is 7.80. The fourth-order valence-corrected chi connectivity index (χ4v) is 2.38. The first-order valence-corrected chi connectivity index (χ1v) is 7.34. The van der Waals surface area contributed by atoms with Crippen LogP contribution in [-0.4, -0.2) is 12.1 Å². The topological polar surface area (TPSA) is 34.1 Å². The van der Waals surface area contributed by atoms with Crippen molar-refractivity contribution in [1.82, 2.24) is 4.98 Å². The van der Waals surface area contributed by atoms with Gasteiger partial charge in [-0.05, 0) is 37.1 Å². The van der Waals surface area contributed by atoms with Crippen molar-refractivity contribution in [2.45, 2.75) is 18.9 Å². The molecule has 0 radical (unpaired) electrons. The molecule has 0 bridgehead atoms. The number of rotatable bonds is 7. The Balaban J connectivity index is 2.25. The summed E-state index contributed by atoms with van der Waals surface area (Å²) in [6.07, 6.45) is 6.05. The van der Waals surface area contributed by atoms with Gasteiger partial charge in [0.25, 0.3) is 0 Å². The van der Waals surface area contributed by atoms with Crippen molar-refractivity contribution in [1.29, 1.82) is 0 Å². The van der Waals surface area contributed by atoms with Crippen LogP contribution in [0.2, 0.25) is 5.02 Å². The van der Waals surface area contributed by atoms with Crippen molar-refractivity contribution in [2.24, 2.45) is 0 Å². The van der Waals surface area contributed by atoms with E-state index in [4.69, 9.17) is 16.3 Å². The lowest BCUT2D eigenvalue weighted by molar-refractivity contribution is 0.415. The van der Waals surface area contributed by atoms with Crippen LogP contribution in [0.3, 0.4) is 0 Å². The highest BCUT2D eigenvalue weighted by molar-refractivity contribution is 6.31. The second-order valence-electron chi connectivity index (χ2n) is 4.82. The van der Waals surface area contributed by atoms with Crippen LogP contribution in [0.5, 0.6) is 5.75 Å². The van der Waals surface area contributed by atoms with E-state index in [2.05, 4.69) is 16.9 Å². The average Bonchev–Trinajstić information content (AvgIpc) is 2.55. The molecule has 0 spiro atoms. The molecule has 0 saturated carbocycles. The predicted molar refractivity (Wildman–Crippen MR) is 88.0 cm³/mol. The minimum absolute atomic E-state index is 0.102. The number of aromatic nitrogens is 1. The van der Waals surface area contributed by atoms with Gasteiger partial charge in [0.2, 0.25) is 0 Å². The highest BCUT2D eigenvalue weighted by atomic mass is 35.5. The molecular formula is C17H18ClFN2O. The Bertz CT molecular complexity index is 631. The molecule has 0 aliphatic heterocycles. The summed E-state index contributed by atoms with van der Waals surface area (Å²) in [5.74, 6) is 0.262. The second-order valence-corrected chi connectivity index (χ2v) is 5.19. The van der Waals surface area contributed by atoms with E-state index in [1.165, 1.54) is 0 Å². The molecule has 2 rings (SSSR count). The summed E-state index contributed by atoms with van der Waals surface area (Å²) in [6, 6.07) is 7.37. The van der Waals surface area contributed by atoms with Crippen LogP contribution in [-0.2, 0) is 0 Å². The number of halogens is 2. The molecule has 1 aromatic heterocycles. The maximum Gasteiger partial charge on any atom is 0.160 e. The standard InChI is InChI=1S/C17H18ClFN2O/c1-3-4-5-16(14-10-20-11-15(19)17(14)18)21-12-6-8-13(22-2)9-7-12/h3,6-11,16,21H,1,4-5H2,2H3. The van der Waals surface area contributed by atoms with Gasteiger partial charge in [0, 0.05) is 17.4 Å². The molecular weight excluding hydrogens is 303 g/mol. The summed E-state index contributed by atoms with van der Waals surface area (Å²) in [5, 5.41) is 3.46. The Hall–Kier alpha value is -2.07. The maximum atomic E-state index is 13.6. The van der Waals surface area contributed by atoms with Gasteiger partial charge in [-0.3, -0.25) is 4.98 Å². The molecule has 0 fully saturated rings. The fraction of sp³-hybridized carbons (Fsp3) is 0.235. The van der Waals surface area contributed by atoms with Gasteiger partial charge in [-0.1, -0.05) is 17.7 Å². The van der Waals surface area contributed by atoms with E-state index in [-0.39, 0.29) is 11.1 Å². The molecule has 3 nitrogen and oxygen atoms in total. The molecule has 0 amide bonds. The molecule has 1 atom stereocenters. The zero-order valence-electron chi connectivity index (χ0n) is 12.4. The molecule has 1 unspecified atom stereocenters. The first-order valence-electron chi connectivity index (χ1n) is 6.96. The van der Waals surface area contributed by atoms with E-state index < -0.39 is 5.82 Å². The molecule has 1 aromatic carbocycles. The van der Waals surface area contributed by atoms with Gasteiger partial charge >= 0.3 is 0 Å². The number of benzene rings is 1.